The topological polar surface area (TPSA) is 120 Å². The second kappa shape index (κ2) is 14.6. The van der Waals surface area contributed by atoms with Crippen molar-refractivity contribution in [1.82, 2.24) is 10.3 Å². The highest BCUT2D eigenvalue weighted by Crippen LogP contribution is 2.36. The van der Waals surface area contributed by atoms with E-state index >= 15 is 0 Å². The number of hydrazine groups is 1. The molecule has 11 heteroatoms. The van der Waals surface area contributed by atoms with Crippen LogP contribution in [0.4, 0.5) is 0 Å². The maximum absolute atomic E-state index is 10.3. The molecule has 2 rings (SSSR count). The lowest BCUT2D eigenvalue weighted by atomic mass is 9.78. The Labute approximate surface area is 239 Å². The highest BCUT2D eigenvalue weighted by Gasteiger charge is 2.24. The molecule has 2 atom stereocenters. The van der Waals surface area contributed by atoms with Crippen LogP contribution in [0.3, 0.4) is 0 Å². The zero-order valence-corrected chi connectivity index (χ0v) is 25.0. The maximum atomic E-state index is 10.3. The Morgan fingerprint density at radius 3 is 2.28 bits per heavy atom. The Kier molecular flexibility index (Phi) is 12.6. The molecule has 0 fully saturated rings. The molecule has 0 heterocycles. The molecule has 2 aromatic rings. The summed E-state index contributed by atoms with van der Waals surface area (Å²) in [7, 11) is 1.73. The Bertz CT molecular complexity index is 1010. The van der Waals surface area contributed by atoms with Gasteiger partial charge in [0.15, 0.2) is 0 Å². The van der Waals surface area contributed by atoms with Crippen LogP contribution in [0.25, 0.3) is 0 Å². The minimum atomic E-state index is -0.850. The van der Waals surface area contributed by atoms with Crippen LogP contribution in [0.2, 0.25) is 0 Å². The van der Waals surface area contributed by atoms with Crippen molar-refractivity contribution >= 4 is 50.1 Å². The fraction of sp³-hybridized carbons (Fsp3) is 0.440. The van der Waals surface area contributed by atoms with Crippen molar-refractivity contribution in [2.75, 3.05) is 39.3 Å². The van der Waals surface area contributed by atoms with Crippen molar-refractivity contribution in [2.45, 2.75) is 31.5 Å². The normalized spacial score (nSPS) is 14.1. The van der Waals surface area contributed by atoms with E-state index in [-0.39, 0.29) is 37.7 Å². The molecule has 0 amide bonds. The first-order valence-electron chi connectivity index (χ1n) is 11.3. The summed E-state index contributed by atoms with van der Waals surface area (Å²) in [6.45, 7) is 4.29. The molecular weight excluding hydrogens is 665 g/mol. The molecule has 0 aliphatic carbocycles. The van der Waals surface area contributed by atoms with Crippen molar-refractivity contribution in [3.63, 3.8) is 0 Å². The number of aliphatic hydroxyl groups excluding tert-OH is 3. The number of benzene rings is 2. The van der Waals surface area contributed by atoms with E-state index in [2.05, 4.69) is 35.1 Å². The molecular formula is C25H34BrClIN3O5. The van der Waals surface area contributed by atoms with Crippen molar-refractivity contribution in [2.24, 2.45) is 5.84 Å². The Morgan fingerprint density at radius 2 is 1.72 bits per heavy atom. The van der Waals surface area contributed by atoms with Crippen LogP contribution in [-0.4, -0.2) is 71.8 Å². The molecule has 0 saturated heterocycles. The van der Waals surface area contributed by atoms with Gasteiger partial charge in [0.2, 0.25) is 0 Å². The summed E-state index contributed by atoms with van der Waals surface area (Å²) in [6, 6.07) is 13.6. The molecule has 8 nitrogen and oxygen atoms in total. The van der Waals surface area contributed by atoms with Gasteiger partial charge < -0.3 is 35.1 Å². The van der Waals surface area contributed by atoms with Gasteiger partial charge in [0.25, 0.3) is 0 Å². The average Bonchev–Trinajstić information content (AvgIpc) is 2.86. The molecule has 0 radical (unpaired) electrons. The number of nitrogens with one attached hydrogen (secondary N) is 1. The van der Waals surface area contributed by atoms with Crippen LogP contribution in [0, 0.1) is 0 Å². The number of ether oxygens (including phenoxy) is 2. The van der Waals surface area contributed by atoms with Gasteiger partial charge >= 0.3 is 0 Å². The minimum absolute atomic E-state index is 0.0537. The lowest BCUT2D eigenvalue weighted by Gasteiger charge is -2.27. The summed E-state index contributed by atoms with van der Waals surface area (Å²) < 4.78 is 12.9. The predicted octanol–water partition coefficient (Wildman–Crippen LogP) is 3.48. The molecule has 36 heavy (non-hydrogen) atoms. The van der Waals surface area contributed by atoms with Gasteiger partial charge in [0, 0.05) is 12.5 Å². The smallest absolute Gasteiger partial charge is 0.133 e. The van der Waals surface area contributed by atoms with E-state index in [1.54, 1.807) is 7.05 Å². The van der Waals surface area contributed by atoms with Crippen LogP contribution in [-0.2, 0) is 5.41 Å². The number of halogens is 3. The molecule has 0 spiro atoms. The average molecular weight is 699 g/mol. The highest BCUT2D eigenvalue weighted by molar-refractivity contribution is 14.1. The van der Waals surface area contributed by atoms with Crippen LogP contribution >= 0.6 is 50.1 Å². The minimum Gasteiger partial charge on any atom is -0.491 e. The van der Waals surface area contributed by atoms with E-state index in [1.807, 2.05) is 65.1 Å². The monoisotopic (exact) mass is 697 g/mol. The van der Waals surface area contributed by atoms with E-state index in [9.17, 15) is 15.3 Å². The van der Waals surface area contributed by atoms with Crippen molar-refractivity contribution < 1.29 is 24.8 Å². The van der Waals surface area contributed by atoms with Crippen molar-refractivity contribution in [3.05, 3.63) is 67.5 Å². The first-order valence-corrected chi connectivity index (χ1v) is 13.7. The number of alkyl halides is 1. The number of aliphatic hydroxyl groups is 3. The van der Waals surface area contributed by atoms with E-state index < -0.39 is 12.2 Å². The van der Waals surface area contributed by atoms with E-state index in [1.165, 1.54) is 5.01 Å². The molecule has 6 N–H and O–H groups in total. The quantitative estimate of drug-likeness (QED) is 0.0670. The van der Waals surface area contributed by atoms with Gasteiger partial charge in [-0.2, -0.15) is 0 Å². The van der Waals surface area contributed by atoms with E-state index in [0.29, 0.717) is 20.9 Å². The third-order valence-electron chi connectivity index (χ3n) is 5.66. The summed E-state index contributed by atoms with van der Waals surface area (Å²) in [5.41, 5.74) is 2.35. The van der Waals surface area contributed by atoms with Crippen molar-refractivity contribution in [1.29, 1.82) is 0 Å². The fourth-order valence-corrected chi connectivity index (χ4v) is 4.45. The summed E-state index contributed by atoms with van der Waals surface area (Å²) in [6.07, 6.45) is -1.57. The molecule has 0 unspecified atom stereocenters. The number of hydrogen-bond acceptors (Lipinski definition) is 8. The molecule has 0 aliphatic rings. The number of hydrogen-bond donors (Lipinski definition) is 5. The Morgan fingerprint density at radius 1 is 1.11 bits per heavy atom. The lowest BCUT2D eigenvalue weighted by Crippen LogP contribution is -2.41. The molecule has 0 saturated carbocycles. The third kappa shape index (κ3) is 8.64. The van der Waals surface area contributed by atoms with Crippen LogP contribution in [0.1, 0.15) is 25.0 Å². The Balaban J connectivity index is 2.01. The number of nitrogens with two attached hydrogens (primary N) is 1. The lowest BCUT2D eigenvalue weighted by molar-refractivity contribution is 0.0744. The molecule has 2 aromatic carbocycles. The molecule has 0 aromatic heterocycles. The van der Waals surface area contributed by atoms with Crippen LogP contribution in [0.15, 0.2) is 56.3 Å². The first-order chi connectivity index (χ1) is 17.0. The summed E-state index contributed by atoms with van der Waals surface area (Å²) >= 11 is 11.2. The number of nitrogens with zero attached hydrogens (tertiary/aromatic N) is 1. The van der Waals surface area contributed by atoms with Gasteiger partial charge in [-0.05, 0) is 73.9 Å². The van der Waals surface area contributed by atoms with E-state index in [4.69, 9.17) is 26.9 Å². The summed E-state index contributed by atoms with van der Waals surface area (Å²) in [4.78, 5) is 0. The summed E-state index contributed by atoms with van der Waals surface area (Å²) in [5, 5.41) is 33.7. The van der Waals surface area contributed by atoms with Gasteiger partial charge in [-0.1, -0.05) is 32.0 Å². The van der Waals surface area contributed by atoms with Crippen LogP contribution < -0.4 is 20.6 Å². The maximum Gasteiger partial charge on any atom is 0.133 e. The standard InChI is InChI=1S/C25H34BrClIN3O5/c1-25(2,17-6-9-23(21(26)10-17)36-14-18(33)11-27)16-4-7-20(8-5-16)35-15-19(34)12-31(29)22(13-32)24(28)30-3/h4-10,18-19,30,32-34H,11-15,29H2,1-3H3/b24-22-/t18-,19+/m1/s1. The van der Waals surface area contributed by atoms with Crippen molar-refractivity contribution in [3.8, 4) is 11.5 Å². The second-order valence-electron chi connectivity index (χ2n) is 8.70. The largest absolute Gasteiger partial charge is 0.491 e. The first kappa shape index (κ1) is 30.9. The van der Waals surface area contributed by atoms with E-state index in [0.717, 1.165) is 15.6 Å². The fourth-order valence-electron chi connectivity index (χ4n) is 3.38. The summed E-state index contributed by atoms with van der Waals surface area (Å²) in [5.74, 6) is 7.36. The van der Waals surface area contributed by atoms with Crippen LogP contribution in [0.5, 0.6) is 11.5 Å². The Hall–Kier alpha value is -1.28. The zero-order chi connectivity index (χ0) is 26.9. The van der Waals surface area contributed by atoms with Gasteiger partial charge in [-0.25, -0.2) is 5.84 Å². The van der Waals surface area contributed by atoms with Gasteiger partial charge in [-0.15, -0.1) is 11.6 Å². The predicted molar refractivity (Wildman–Crippen MR) is 155 cm³/mol. The second-order valence-corrected chi connectivity index (χ2v) is 10.9. The van der Waals surface area contributed by atoms with Gasteiger partial charge in [0.05, 0.1) is 32.9 Å². The molecule has 0 bridgehead atoms. The molecule has 200 valence electrons. The highest BCUT2D eigenvalue weighted by atomic mass is 127. The van der Waals surface area contributed by atoms with Gasteiger partial charge in [-0.3, -0.25) is 0 Å². The third-order valence-corrected chi connectivity index (χ3v) is 7.80. The molecule has 0 aliphatic heterocycles. The zero-order valence-electron chi connectivity index (χ0n) is 20.5. The van der Waals surface area contributed by atoms with Gasteiger partial charge in [0.1, 0.15) is 36.9 Å². The SMILES string of the molecule is CN/C(I)=C(/CO)N(N)C[C@H](O)COc1ccc(C(C)(C)c2ccc(OC[C@H](O)CCl)c(Br)c2)cc1. The number of rotatable bonds is 14.